The third-order valence-electron chi connectivity index (χ3n) is 3.59. The maximum atomic E-state index is 3.82. The van der Waals surface area contributed by atoms with Gasteiger partial charge in [0, 0.05) is 0 Å². The zero-order valence-corrected chi connectivity index (χ0v) is 11.0. The van der Waals surface area contributed by atoms with E-state index in [1.807, 2.05) is 0 Å². The third kappa shape index (κ3) is 2.58. The van der Waals surface area contributed by atoms with E-state index in [0.29, 0.717) is 0 Å². The minimum Gasteiger partial charge on any atom is -0.325 e. The van der Waals surface area contributed by atoms with Crippen LogP contribution in [-0.2, 0) is 0 Å². The lowest BCUT2D eigenvalue weighted by atomic mass is 10.4. The molecule has 0 atom stereocenters. The highest BCUT2D eigenvalue weighted by Crippen LogP contribution is 2.37. The van der Waals surface area contributed by atoms with Gasteiger partial charge in [-0.1, -0.05) is 46.5 Å². The second kappa shape index (κ2) is 5.88. The smallest absolute Gasteiger partial charge is 0.204 e. The average Bonchev–Trinajstić information content (AvgIpc) is 2.70. The van der Waals surface area contributed by atoms with Gasteiger partial charge in [0.25, 0.3) is 0 Å². The van der Waals surface area contributed by atoms with Crippen molar-refractivity contribution in [3.63, 3.8) is 0 Å². The van der Waals surface area contributed by atoms with Crippen molar-refractivity contribution in [3.05, 3.63) is 0 Å². The Kier molecular flexibility index (Phi) is 5.13. The van der Waals surface area contributed by atoms with Crippen molar-refractivity contribution in [1.29, 1.82) is 0 Å². The molecule has 0 aromatic rings. The number of rotatable bonds is 6. The Hall–Kier alpha value is 0.137. The summed E-state index contributed by atoms with van der Waals surface area (Å²) >= 11 is 0. The standard InChI is InChI=1S/C11H26N2Si/c1-4-12-14(6-3,13-5-2)11-9-7-8-10-11/h11-13H,4-10H2,1-3H3. The van der Waals surface area contributed by atoms with Crippen molar-refractivity contribution >= 4 is 8.40 Å². The fourth-order valence-corrected chi connectivity index (χ4v) is 7.37. The van der Waals surface area contributed by atoms with Gasteiger partial charge in [0.1, 0.15) is 0 Å². The summed E-state index contributed by atoms with van der Waals surface area (Å²) in [6, 6.07) is 1.33. The summed E-state index contributed by atoms with van der Waals surface area (Å²) < 4.78 is 0. The van der Waals surface area contributed by atoms with Crippen LogP contribution in [0.3, 0.4) is 0 Å². The van der Waals surface area contributed by atoms with E-state index in [1.165, 1.54) is 31.7 Å². The average molecular weight is 214 g/mol. The van der Waals surface area contributed by atoms with Gasteiger partial charge in [0.15, 0.2) is 0 Å². The molecule has 84 valence electrons. The van der Waals surface area contributed by atoms with Crippen molar-refractivity contribution in [3.8, 4) is 0 Å². The minimum atomic E-state index is -1.34. The van der Waals surface area contributed by atoms with Crippen LogP contribution in [0.15, 0.2) is 0 Å². The summed E-state index contributed by atoms with van der Waals surface area (Å²) in [6.07, 6.45) is 5.83. The molecule has 2 N–H and O–H groups in total. The van der Waals surface area contributed by atoms with E-state index in [9.17, 15) is 0 Å². The van der Waals surface area contributed by atoms with Crippen LogP contribution in [0.4, 0.5) is 0 Å². The van der Waals surface area contributed by atoms with E-state index in [0.717, 1.165) is 18.6 Å². The highest BCUT2D eigenvalue weighted by Gasteiger charge is 2.40. The van der Waals surface area contributed by atoms with Gasteiger partial charge in [0.05, 0.1) is 0 Å². The van der Waals surface area contributed by atoms with Crippen molar-refractivity contribution in [2.45, 2.75) is 58.0 Å². The molecule has 0 aliphatic heterocycles. The Balaban J connectivity index is 2.64. The molecule has 0 spiro atoms. The Morgan fingerprint density at radius 3 is 1.86 bits per heavy atom. The monoisotopic (exact) mass is 214 g/mol. The van der Waals surface area contributed by atoms with Crippen molar-refractivity contribution in [2.75, 3.05) is 13.1 Å². The summed E-state index contributed by atoms with van der Waals surface area (Å²) in [7, 11) is -1.34. The van der Waals surface area contributed by atoms with E-state index in [2.05, 4.69) is 30.7 Å². The number of hydrogen-bond acceptors (Lipinski definition) is 2. The van der Waals surface area contributed by atoms with E-state index in [-0.39, 0.29) is 0 Å². The molecule has 1 aliphatic carbocycles. The zero-order valence-electron chi connectivity index (χ0n) is 10.0. The van der Waals surface area contributed by atoms with Gasteiger partial charge >= 0.3 is 0 Å². The molecule has 1 rings (SSSR count). The Morgan fingerprint density at radius 1 is 1.00 bits per heavy atom. The van der Waals surface area contributed by atoms with Gasteiger partial charge in [-0.3, -0.25) is 0 Å². The molecule has 0 saturated heterocycles. The van der Waals surface area contributed by atoms with Crippen LogP contribution in [0, 0.1) is 0 Å². The van der Waals surface area contributed by atoms with E-state index < -0.39 is 8.40 Å². The number of hydrogen-bond donors (Lipinski definition) is 2. The van der Waals surface area contributed by atoms with E-state index in [1.54, 1.807) is 0 Å². The first-order chi connectivity index (χ1) is 6.79. The largest absolute Gasteiger partial charge is 0.325 e. The van der Waals surface area contributed by atoms with Gasteiger partial charge in [-0.15, -0.1) is 0 Å². The second-order valence-corrected chi connectivity index (χ2v) is 8.54. The lowest BCUT2D eigenvalue weighted by Gasteiger charge is -2.37. The molecule has 0 heterocycles. The molecule has 0 aromatic heterocycles. The van der Waals surface area contributed by atoms with Crippen molar-refractivity contribution < 1.29 is 0 Å². The minimum absolute atomic E-state index is 0.979. The van der Waals surface area contributed by atoms with Crippen LogP contribution in [0.5, 0.6) is 0 Å². The predicted molar refractivity (Wildman–Crippen MR) is 65.8 cm³/mol. The lowest BCUT2D eigenvalue weighted by molar-refractivity contribution is 0.720. The molecule has 0 amide bonds. The Bertz CT molecular complexity index is 149. The van der Waals surface area contributed by atoms with Gasteiger partial charge in [0.2, 0.25) is 8.40 Å². The Morgan fingerprint density at radius 2 is 1.50 bits per heavy atom. The van der Waals surface area contributed by atoms with Gasteiger partial charge in [-0.2, -0.15) is 0 Å². The molecular formula is C11H26N2Si. The summed E-state index contributed by atoms with van der Waals surface area (Å²) in [5, 5.41) is 0. The van der Waals surface area contributed by atoms with Crippen LogP contribution < -0.4 is 9.96 Å². The molecule has 0 unspecified atom stereocenters. The summed E-state index contributed by atoms with van der Waals surface area (Å²) in [6.45, 7) is 9.09. The molecule has 2 nitrogen and oxygen atoms in total. The fourth-order valence-electron chi connectivity index (χ4n) is 2.94. The van der Waals surface area contributed by atoms with Crippen LogP contribution >= 0.6 is 0 Å². The normalized spacial score (nSPS) is 19.1. The van der Waals surface area contributed by atoms with Gasteiger partial charge in [-0.05, 0) is 24.7 Å². The first-order valence-corrected chi connectivity index (χ1v) is 8.57. The van der Waals surface area contributed by atoms with Crippen LogP contribution in [0.2, 0.25) is 11.6 Å². The van der Waals surface area contributed by atoms with Crippen LogP contribution in [-0.4, -0.2) is 21.5 Å². The zero-order chi connectivity index (χ0) is 10.4. The first kappa shape index (κ1) is 12.2. The molecule has 14 heavy (non-hydrogen) atoms. The van der Waals surface area contributed by atoms with Crippen LogP contribution in [0.1, 0.15) is 46.5 Å². The second-order valence-electron chi connectivity index (χ2n) is 4.37. The maximum Gasteiger partial charge on any atom is 0.204 e. The maximum absolute atomic E-state index is 3.82. The highest BCUT2D eigenvalue weighted by atomic mass is 28.3. The third-order valence-corrected chi connectivity index (χ3v) is 8.65. The predicted octanol–water partition coefficient (Wildman–Crippen LogP) is 2.61. The topological polar surface area (TPSA) is 24.1 Å². The molecule has 0 aromatic carbocycles. The molecule has 3 heteroatoms. The first-order valence-electron chi connectivity index (χ1n) is 6.29. The summed E-state index contributed by atoms with van der Waals surface area (Å²) in [4.78, 5) is 7.63. The SMILES string of the molecule is CCN[Si](CC)(NCC)C1CCCC1. The molecule has 0 radical (unpaired) electrons. The lowest BCUT2D eigenvalue weighted by Crippen LogP contribution is -2.64. The molecule has 1 saturated carbocycles. The highest BCUT2D eigenvalue weighted by molar-refractivity contribution is 6.76. The summed E-state index contributed by atoms with van der Waals surface area (Å²) in [5.74, 6) is 0. The van der Waals surface area contributed by atoms with Gasteiger partial charge < -0.3 is 9.96 Å². The fraction of sp³-hybridized carbons (Fsp3) is 1.00. The van der Waals surface area contributed by atoms with E-state index >= 15 is 0 Å². The molecular weight excluding hydrogens is 188 g/mol. The quantitative estimate of drug-likeness (QED) is 0.664. The molecule has 1 aliphatic rings. The molecule has 0 bridgehead atoms. The van der Waals surface area contributed by atoms with Crippen LogP contribution in [0.25, 0.3) is 0 Å². The summed E-state index contributed by atoms with van der Waals surface area (Å²) in [5.41, 5.74) is 0.979. The molecule has 1 fully saturated rings. The van der Waals surface area contributed by atoms with E-state index in [4.69, 9.17) is 0 Å². The van der Waals surface area contributed by atoms with Crippen molar-refractivity contribution in [2.24, 2.45) is 0 Å². The number of nitrogens with one attached hydrogen (secondary N) is 2. The Labute approximate surface area is 90.0 Å². The van der Waals surface area contributed by atoms with Crippen molar-refractivity contribution in [1.82, 2.24) is 9.96 Å². The van der Waals surface area contributed by atoms with Gasteiger partial charge in [-0.25, -0.2) is 0 Å².